The fourth-order valence-electron chi connectivity index (χ4n) is 18.1. The molecule has 1 rings (SSSR count). The Morgan fingerprint density at radius 2 is 0.358 bits per heavy atom. The smallest absolute Gasteiger partial charge is 0.308 e. The zero-order chi connectivity index (χ0) is 98.0. The summed E-state index contributed by atoms with van der Waals surface area (Å²) in [6.45, 7) is 22.2. The molecule has 8 unspecified atom stereocenters. The molecular formula is C110H208N4O20. The second kappa shape index (κ2) is 93.4. The van der Waals surface area contributed by atoms with Crippen LogP contribution in [0.3, 0.4) is 0 Å². The second-order valence-corrected chi connectivity index (χ2v) is 39.6. The van der Waals surface area contributed by atoms with E-state index in [1.54, 1.807) is 0 Å². The number of aliphatic hydroxyl groups excluding tert-OH is 4. The van der Waals surface area contributed by atoms with E-state index in [2.05, 4.69) is 75.0 Å². The molecule has 0 aromatic rings. The minimum Gasteiger partial charge on any atom is -0.465 e. The number of esters is 8. The topological polar surface area (TPSA) is 304 Å². The Morgan fingerprint density at radius 1 is 0.201 bits per heavy atom. The van der Waals surface area contributed by atoms with Gasteiger partial charge in [-0.2, -0.15) is 0 Å². The molecule has 0 aromatic heterocycles. The monoisotopic (exact) mass is 1910 g/mol. The number of carbonyl (C=O) groups is 8. The number of ether oxygens (including phenoxy) is 8. The lowest BCUT2D eigenvalue weighted by molar-refractivity contribution is -0.150. The third kappa shape index (κ3) is 78.2. The van der Waals surface area contributed by atoms with Crippen molar-refractivity contribution in [1.29, 1.82) is 0 Å². The van der Waals surface area contributed by atoms with Crippen molar-refractivity contribution < 1.29 is 96.7 Å². The maximum absolute atomic E-state index is 13.3. The molecule has 0 amide bonds. The zero-order valence-corrected chi connectivity index (χ0v) is 87.5. The number of nitrogens with zero attached hydrogens (tertiary/aromatic N) is 4. The molecule has 1 heterocycles. The van der Waals surface area contributed by atoms with Gasteiger partial charge in [0.15, 0.2) is 0 Å². The van der Waals surface area contributed by atoms with Gasteiger partial charge in [-0.25, -0.2) is 0 Å². The van der Waals surface area contributed by atoms with E-state index in [0.717, 1.165) is 205 Å². The SMILES string of the molecule is CCCCCCCCC(CCCCCC)C(=O)OCCCCCC(=O)OCC(O)CN1CCCN(CC(O)COC(=O)CCCCCOC(=O)C(CCCCCC)CCCCCCCC)CCN(CC(O)COC(=O)CCCCCOC(=O)C(CCCCCC)CCCCCCCC)CCCN(CC(O)COC(=O)CCCCCOC(=O)C(CCCCCC)CCCCCCCC)CC1. The molecule has 134 heavy (non-hydrogen) atoms. The van der Waals surface area contributed by atoms with Gasteiger partial charge >= 0.3 is 47.8 Å². The molecule has 1 aliphatic rings. The summed E-state index contributed by atoms with van der Waals surface area (Å²) in [4.78, 5) is 115. The maximum atomic E-state index is 13.3. The van der Waals surface area contributed by atoms with E-state index in [4.69, 9.17) is 37.9 Å². The molecule has 1 saturated heterocycles. The van der Waals surface area contributed by atoms with Crippen LogP contribution in [-0.2, 0) is 76.3 Å². The van der Waals surface area contributed by atoms with Gasteiger partial charge in [0.25, 0.3) is 0 Å². The molecule has 24 nitrogen and oxygen atoms in total. The summed E-state index contributed by atoms with van der Waals surface area (Å²) >= 11 is 0. The first-order valence-corrected chi connectivity index (χ1v) is 56.2. The number of rotatable bonds is 92. The van der Waals surface area contributed by atoms with Gasteiger partial charge in [-0.3, -0.25) is 58.0 Å². The Hall–Kier alpha value is -4.56. The van der Waals surface area contributed by atoms with Crippen LogP contribution >= 0.6 is 0 Å². The summed E-state index contributed by atoms with van der Waals surface area (Å²) < 4.78 is 46.1. The third-order valence-corrected chi connectivity index (χ3v) is 26.6. The molecule has 0 aliphatic carbocycles. The largest absolute Gasteiger partial charge is 0.465 e. The second-order valence-electron chi connectivity index (χ2n) is 39.6. The first kappa shape index (κ1) is 127. The molecule has 8 atom stereocenters. The molecule has 0 radical (unpaired) electrons. The van der Waals surface area contributed by atoms with E-state index in [1.165, 1.54) is 103 Å². The van der Waals surface area contributed by atoms with E-state index >= 15 is 0 Å². The normalized spacial score (nSPS) is 15.4. The number of carbonyl (C=O) groups excluding carboxylic acids is 8. The van der Waals surface area contributed by atoms with Crippen LogP contribution in [0.2, 0.25) is 0 Å². The van der Waals surface area contributed by atoms with Gasteiger partial charge in [-0.05, 0) is 167 Å². The van der Waals surface area contributed by atoms with Crippen LogP contribution in [-0.4, -0.2) is 244 Å². The predicted molar refractivity (Wildman–Crippen MR) is 542 cm³/mol. The van der Waals surface area contributed by atoms with Gasteiger partial charge in [0.2, 0.25) is 0 Å². The van der Waals surface area contributed by atoms with Gasteiger partial charge < -0.3 is 58.3 Å². The van der Waals surface area contributed by atoms with Gasteiger partial charge in [-0.15, -0.1) is 0 Å². The lowest BCUT2D eigenvalue weighted by Crippen LogP contribution is -2.47. The van der Waals surface area contributed by atoms with Crippen LogP contribution in [0.25, 0.3) is 0 Å². The van der Waals surface area contributed by atoms with Gasteiger partial charge in [0, 0.05) is 78.0 Å². The Bertz CT molecular complexity index is 2380. The highest BCUT2D eigenvalue weighted by Crippen LogP contribution is 2.27. The minimum absolute atomic E-state index is 0.0796. The van der Waals surface area contributed by atoms with Crippen molar-refractivity contribution in [3.63, 3.8) is 0 Å². The van der Waals surface area contributed by atoms with E-state index in [0.29, 0.717) is 169 Å². The molecule has 4 N–H and O–H groups in total. The van der Waals surface area contributed by atoms with Crippen molar-refractivity contribution in [3.05, 3.63) is 0 Å². The third-order valence-electron chi connectivity index (χ3n) is 26.6. The number of β-amino-alcohol motifs (C(OH)–C–C–N with tert-alkyl or cyclic N) is 4. The van der Waals surface area contributed by atoms with Crippen molar-refractivity contribution in [2.45, 2.75) is 504 Å². The molecule has 0 aromatic carbocycles. The molecule has 788 valence electrons. The van der Waals surface area contributed by atoms with Gasteiger partial charge in [-0.1, -0.05) is 312 Å². The summed E-state index contributed by atoms with van der Waals surface area (Å²) in [6, 6.07) is 0. The van der Waals surface area contributed by atoms with E-state index in [9.17, 15) is 58.8 Å². The van der Waals surface area contributed by atoms with E-state index in [-0.39, 0.29) is 126 Å². The first-order chi connectivity index (χ1) is 65.2. The highest BCUT2D eigenvalue weighted by atomic mass is 16.6. The number of hydrogen-bond acceptors (Lipinski definition) is 24. The average Bonchev–Trinajstić information content (AvgIpc) is 0.898. The van der Waals surface area contributed by atoms with Gasteiger partial charge in [0.1, 0.15) is 50.8 Å². The Balaban J connectivity index is 3.39. The lowest BCUT2D eigenvalue weighted by atomic mass is 9.94. The standard InChI is InChI=1S/C110H208N4O20/c1-9-17-25-33-37-49-67-95(63-45-29-21-13-5)107(123)127-83-57-41-53-71-103(119)131-91-99(115)87-111-75-61-76-113(89-101(117)93-133-105(121)73-55-43-59-85-129-109(125)97(65-47-31-23-15-7)69-51-39-35-27-19-11-3)81-82-114(90-102(118)94-134-106(122)74-56-44-60-86-130-110(126)98(66-48-32-24-16-8)70-52-40-36-28-20-12-4)78-62-77-112(80-79-111)88-100(116)92-132-104(120)72-54-42-58-84-128-108(124)96(64-46-30-22-14-6)68-50-38-34-26-18-10-2/h95-102,115-118H,9-94H2,1-8H3. The molecule has 24 heteroatoms. The van der Waals surface area contributed by atoms with Gasteiger partial charge in [0.05, 0.1) is 50.1 Å². The molecule has 0 saturated carbocycles. The molecular weight excluding hydrogens is 1700 g/mol. The Labute approximate surface area is 818 Å². The quantitative estimate of drug-likeness (QED) is 0.0250. The first-order valence-electron chi connectivity index (χ1n) is 56.2. The Kier molecular flexibility index (Phi) is 88.8. The highest BCUT2D eigenvalue weighted by molar-refractivity contribution is 5.74. The maximum Gasteiger partial charge on any atom is 0.308 e. The van der Waals surface area contributed by atoms with Crippen LogP contribution < -0.4 is 0 Å². The minimum atomic E-state index is -1.05. The van der Waals surface area contributed by atoms with Crippen molar-refractivity contribution in [2.75, 3.05) is 131 Å². The van der Waals surface area contributed by atoms with Crippen molar-refractivity contribution in [3.8, 4) is 0 Å². The van der Waals surface area contributed by atoms with Crippen LogP contribution in [0.1, 0.15) is 479 Å². The summed E-state index contributed by atoms with van der Waals surface area (Å²) in [5, 5.41) is 46.7. The number of aliphatic hydroxyl groups is 4. The Morgan fingerprint density at radius 3 is 0.537 bits per heavy atom. The summed E-state index contributed by atoms with van der Waals surface area (Å²) in [7, 11) is 0. The molecule has 0 bridgehead atoms. The van der Waals surface area contributed by atoms with E-state index in [1.807, 2.05) is 0 Å². The van der Waals surface area contributed by atoms with Crippen molar-refractivity contribution in [1.82, 2.24) is 19.6 Å². The van der Waals surface area contributed by atoms with Crippen molar-refractivity contribution in [2.24, 2.45) is 23.7 Å². The van der Waals surface area contributed by atoms with E-state index < -0.39 is 48.3 Å². The van der Waals surface area contributed by atoms with Crippen LogP contribution in [0.15, 0.2) is 0 Å². The fraction of sp³-hybridized carbons (Fsp3) is 0.927. The van der Waals surface area contributed by atoms with Crippen LogP contribution in [0, 0.1) is 23.7 Å². The summed E-state index contributed by atoms with van der Waals surface area (Å²) in [5.41, 5.74) is 0. The molecule has 1 aliphatic heterocycles. The predicted octanol–water partition coefficient (Wildman–Crippen LogP) is 23.4. The molecule has 1 fully saturated rings. The number of hydrogen-bond donors (Lipinski definition) is 4. The van der Waals surface area contributed by atoms with Crippen LogP contribution in [0.4, 0.5) is 0 Å². The van der Waals surface area contributed by atoms with Crippen LogP contribution in [0.5, 0.6) is 0 Å². The molecule has 0 spiro atoms. The number of unbranched alkanes of at least 4 members (excludes halogenated alkanes) is 40. The fourth-order valence-corrected chi connectivity index (χ4v) is 18.1. The summed E-state index contributed by atoms with van der Waals surface area (Å²) in [5.74, 6) is -2.46. The highest BCUT2D eigenvalue weighted by Gasteiger charge is 2.28. The summed E-state index contributed by atoms with van der Waals surface area (Å²) in [6.07, 6.45) is 57.7. The average molecular weight is 1910 g/mol. The lowest BCUT2D eigenvalue weighted by Gasteiger charge is -2.34. The van der Waals surface area contributed by atoms with Crippen molar-refractivity contribution >= 4 is 47.8 Å². The zero-order valence-electron chi connectivity index (χ0n) is 87.5.